The van der Waals surface area contributed by atoms with Gasteiger partial charge in [-0.15, -0.1) is 11.3 Å². The highest BCUT2D eigenvalue weighted by molar-refractivity contribution is 7.93. The molecule has 3 aromatic heterocycles. The van der Waals surface area contributed by atoms with Crippen LogP contribution >= 0.6 is 11.3 Å². The summed E-state index contributed by atoms with van der Waals surface area (Å²) in [6, 6.07) is 11.5. The molecule has 164 valence electrons. The highest BCUT2D eigenvalue weighted by atomic mass is 32.2. The van der Waals surface area contributed by atoms with Gasteiger partial charge in [-0.2, -0.15) is 0 Å². The molecule has 0 N–H and O–H groups in total. The SMILES string of the molecule is O=S(=O)(c1ccc2cnccc2c1)N(c1nccs1)c1ccc(F)cc1Oc1ncccn1. The molecule has 11 heteroatoms. The number of halogens is 1. The fourth-order valence-electron chi connectivity index (χ4n) is 3.15. The molecule has 33 heavy (non-hydrogen) atoms. The van der Waals surface area contributed by atoms with Crippen LogP contribution in [0.25, 0.3) is 10.8 Å². The topological polar surface area (TPSA) is 98.2 Å². The number of fused-ring (bicyclic) bond motifs is 1. The van der Waals surface area contributed by atoms with Crippen molar-refractivity contribution in [2.75, 3.05) is 4.31 Å². The zero-order chi connectivity index (χ0) is 22.8. The first kappa shape index (κ1) is 20.9. The van der Waals surface area contributed by atoms with E-state index in [1.54, 1.807) is 42.0 Å². The lowest BCUT2D eigenvalue weighted by atomic mass is 10.2. The average Bonchev–Trinajstić information content (AvgIpc) is 3.35. The maximum Gasteiger partial charge on any atom is 0.321 e. The summed E-state index contributed by atoms with van der Waals surface area (Å²) < 4.78 is 48.6. The molecule has 0 spiro atoms. The second-order valence-electron chi connectivity index (χ2n) is 6.71. The maximum absolute atomic E-state index is 14.1. The van der Waals surface area contributed by atoms with Crippen molar-refractivity contribution in [2.24, 2.45) is 0 Å². The van der Waals surface area contributed by atoms with Crippen LogP contribution in [0.1, 0.15) is 0 Å². The van der Waals surface area contributed by atoms with Crippen LogP contribution in [0.3, 0.4) is 0 Å². The number of rotatable bonds is 6. The van der Waals surface area contributed by atoms with E-state index in [-0.39, 0.29) is 27.5 Å². The van der Waals surface area contributed by atoms with Crippen molar-refractivity contribution in [3.8, 4) is 11.8 Å². The molecule has 0 amide bonds. The number of nitrogens with zero attached hydrogens (tertiary/aromatic N) is 5. The third-order valence-electron chi connectivity index (χ3n) is 4.63. The summed E-state index contributed by atoms with van der Waals surface area (Å²) in [6.45, 7) is 0. The van der Waals surface area contributed by atoms with Crippen molar-refractivity contribution in [1.82, 2.24) is 19.9 Å². The zero-order valence-electron chi connectivity index (χ0n) is 16.7. The molecule has 0 aliphatic rings. The molecule has 0 saturated heterocycles. The second-order valence-corrected chi connectivity index (χ2v) is 9.37. The number of sulfonamides is 1. The van der Waals surface area contributed by atoms with Gasteiger partial charge in [0.25, 0.3) is 10.0 Å². The largest absolute Gasteiger partial charge is 0.422 e. The predicted molar refractivity (Wildman–Crippen MR) is 122 cm³/mol. The average molecular weight is 480 g/mol. The van der Waals surface area contributed by atoms with E-state index in [9.17, 15) is 12.8 Å². The van der Waals surface area contributed by atoms with Gasteiger partial charge in [0, 0.05) is 47.8 Å². The molecule has 5 aromatic rings. The van der Waals surface area contributed by atoms with Gasteiger partial charge in [0.1, 0.15) is 11.5 Å². The Hall–Kier alpha value is -3.96. The van der Waals surface area contributed by atoms with E-state index in [4.69, 9.17) is 4.74 Å². The number of benzene rings is 2. The summed E-state index contributed by atoms with van der Waals surface area (Å²) in [5.41, 5.74) is 0.0635. The molecule has 3 heterocycles. The lowest BCUT2D eigenvalue weighted by Gasteiger charge is -2.24. The minimum atomic E-state index is -4.18. The molecule has 0 bridgehead atoms. The minimum absolute atomic E-state index is 0.0302. The van der Waals surface area contributed by atoms with Crippen molar-refractivity contribution in [3.63, 3.8) is 0 Å². The monoisotopic (exact) mass is 479 g/mol. The van der Waals surface area contributed by atoms with Gasteiger partial charge in [-0.1, -0.05) is 6.07 Å². The molecule has 8 nitrogen and oxygen atoms in total. The van der Waals surface area contributed by atoms with E-state index >= 15 is 0 Å². The summed E-state index contributed by atoms with van der Waals surface area (Å²) in [6.07, 6.45) is 7.64. The summed E-state index contributed by atoms with van der Waals surface area (Å²) in [5.74, 6) is -0.690. The Morgan fingerprint density at radius 2 is 1.76 bits per heavy atom. The van der Waals surface area contributed by atoms with Gasteiger partial charge < -0.3 is 4.74 Å². The van der Waals surface area contributed by atoms with E-state index in [1.165, 1.54) is 30.7 Å². The number of pyridine rings is 1. The van der Waals surface area contributed by atoms with E-state index in [1.807, 2.05) is 0 Å². The Labute approximate surface area is 192 Å². The minimum Gasteiger partial charge on any atom is -0.422 e. The molecule has 0 aliphatic carbocycles. The number of ether oxygens (including phenoxy) is 1. The Balaban J connectivity index is 1.68. The number of hydrogen-bond donors (Lipinski definition) is 0. The van der Waals surface area contributed by atoms with Crippen LogP contribution in [0.5, 0.6) is 11.8 Å². The standard InChI is InChI=1S/C22H14FN5O3S2/c23-17-3-5-19(20(13-17)31-21-25-7-1-8-26-21)28(22-27-10-11-32-22)33(29,30)18-4-2-16-14-24-9-6-15(16)12-18/h1-14H. The van der Waals surface area contributed by atoms with E-state index in [2.05, 4.69) is 19.9 Å². The lowest BCUT2D eigenvalue weighted by molar-refractivity contribution is 0.439. The number of anilines is 2. The quantitative estimate of drug-likeness (QED) is 0.340. The van der Waals surface area contributed by atoms with Gasteiger partial charge in [-0.25, -0.2) is 32.1 Å². The summed E-state index contributed by atoms with van der Waals surface area (Å²) in [7, 11) is -4.18. The van der Waals surface area contributed by atoms with Crippen molar-refractivity contribution in [2.45, 2.75) is 4.90 Å². The first-order valence-corrected chi connectivity index (χ1v) is 11.9. The third-order valence-corrected chi connectivity index (χ3v) is 7.20. The normalized spacial score (nSPS) is 11.4. The van der Waals surface area contributed by atoms with Gasteiger partial charge in [0.15, 0.2) is 5.75 Å². The van der Waals surface area contributed by atoms with Crippen LogP contribution in [0.15, 0.2) is 89.8 Å². The van der Waals surface area contributed by atoms with Crippen molar-refractivity contribution >= 4 is 43.0 Å². The van der Waals surface area contributed by atoms with E-state index in [0.29, 0.717) is 5.39 Å². The molecule has 0 atom stereocenters. The lowest BCUT2D eigenvalue weighted by Crippen LogP contribution is -2.26. The molecule has 0 aliphatic heterocycles. The van der Waals surface area contributed by atoms with Crippen LogP contribution < -0.4 is 9.04 Å². The smallest absolute Gasteiger partial charge is 0.321 e. The number of aromatic nitrogens is 4. The molecular weight excluding hydrogens is 465 g/mol. The second kappa shape index (κ2) is 8.52. The predicted octanol–water partition coefficient (Wildman–Crippen LogP) is 4.94. The Bertz CT molecular complexity index is 1530. The van der Waals surface area contributed by atoms with Crippen LogP contribution in [0.4, 0.5) is 15.2 Å². The Morgan fingerprint density at radius 1 is 0.909 bits per heavy atom. The Kier molecular flexibility index (Phi) is 5.40. The van der Waals surface area contributed by atoms with Gasteiger partial charge in [-0.3, -0.25) is 4.98 Å². The molecule has 0 unspecified atom stereocenters. The van der Waals surface area contributed by atoms with Crippen LogP contribution in [-0.2, 0) is 10.0 Å². The first-order chi connectivity index (χ1) is 16.0. The fraction of sp³-hybridized carbons (Fsp3) is 0. The van der Waals surface area contributed by atoms with Gasteiger partial charge in [-0.05, 0) is 41.8 Å². The first-order valence-electron chi connectivity index (χ1n) is 9.55. The molecule has 2 aromatic carbocycles. The molecule has 0 radical (unpaired) electrons. The fourth-order valence-corrected chi connectivity index (χ4v) is 5.52. The van der Waals surface area contributed by atoms with Crippen LogP contribution in [0.2, 0.25) is 0 Å². The molecule has 5 rings (SSSR count). The highest BCUT2D eigenvalue weighted by Gasteiger charge is 2.31. The summed E-state index contributed by atoms with van der Waals surface area (Å²) in [4.78, 5) is 16.2. The molecular formula is C22H14FN5O3S2. The summed E-state index contributed by atoms with van der Waals surface area (Å²) >= 11 is 1.12. The molecule has 0 fully saturated rings. The van der Waals surface area contributed by atoms with Gasteiger partial charge >= 0.3 is 6.01 Å². The zero-order valence-corrected chi connectivity index (χ0v) is 18.4. The highest BCUT2D eigenvalue weighted by Crippen LogP contribution is 2.41. The van der Waals surface area contributed by atoms with E-state index in [0.717, 1.165) is 33.2 Å². The maximum atomic E-state index is 14.1. The number of hydrogen-bond acceptors (Lipinski definition) is 8. The van der Waals surface area contributed by atoms with Crippen molar-refractivity contribution in [1.29, 1.82) is 0 Å². The van der Waals surface area contributed by atoms with E-state index < -0.39 is 15.8 Å². The summed E-state index contributed by atoms with van der Waals surface area (Å²) in [5, 5.41) is 3.31. The van der Waals surface area contributed by atoms with Crippen molar-refractivity contribution < 1.29 is 17.5 Å². The van der Waals surface area contributed by atoms with Gasteiger partial charge in [0.05, 0.1) is 4.90 Å². The van der Waals surface area contributed by atoms with Crippen LogP contribution in [-0.4, -0.2) is 28.4 Å². The van der Waals surface area contributed by atoms with Crippen LogP contribution in [0, 0.1) is 5.82 Å². The molecule has 0 saturated carbocycles. The van der Waals surface area contributed by atoms with Crippen molar-refractivity contribution in [3.05, 3.63) is 90.7 Å². The Morgan fingerprint density at radius 3 is 2.55 bits per heavy atom. The number of thiazole rings is 1. The van der Waals surface area contributed by atoms with Gasteiger partial charge in [0.2, 0.25) is 5.13 Å². The third kappa shape index (κ3) is 4.11.